The molecule has 250 valence electrons. The van der Waals surface area contributed by atoms with Crippen molar-refractivity contribution in [1.82, 2.24) is 4.90 Å². The van der Waals surface area contributed by atoms with E-state index >= 15 is 0 Å². The van der Waals surface area contributed by atoms with E-state index in [9.17, 15) is 0 Å². The summed E-state index contributed by atoms with van der Waals surface area (Å²) in [5.74, 6) is 2.70. The fraction of sp³-hybridized carbons (Fsp3) is 0.810. The molecule has 0 unspecified atom stereocenters. The highest BCUT2D eigenvalue weighted by molar-refractivity contribution is 5.18. The molecule has 0 aromatic heterocycles. The molecule has 0 amide bonds. The minimum Gasteiger partial charge on any atom is -0.375 e. The lowest BCUT2D eigenvalue weighted by Gasteiger charge is -2.29. The zero-order valence-corrected chi connectivity index (χ0v) is 30.4. The molecule has 0 atom stereocenters. The molecule has 0 spiro atoms. The van der Waals surface area contributed by atoms with Crippen LogP contribution in [0, 0.1) is 17.8 Å². The third-order valence-corrected chi connectivity index (χ3v) is 10.2. The second-order valence-electron chi connectivity index (χ2n) is 14.3. The van der Waals surface area contributed by atoms with Gasteiger partial charge in [0.1, 0.15) is 0 Å². The van der Waals surface area contributed by atoms with Gasteiger partial charge in [-0.05, 0) is 89.9 Å². The van der Waals surface area contributed by atoms with Crippen LogP contribution in [0.4, 0.5) is 0 Å². The summed E-state index contributed by atoms with van der Waals surface area (Å²) in [7, 11) is 0. The molecule has 1 aliphatic carbocycles. The van der Waals surface area contributed by atoms with E-state index in [1.807, 2.05) is 0 Å². The number of hydrogen-bond acceptors (Lipinski definition) is 1. The van der Waals surface area contributed by atoms with Gasteiger partial charge in [0.15, 0.2) is 0 Å². The van der Waals surface area contributed by atoms with Gasteiger partial charge < -0.3 is 4.90 Å². The molecule has 43 heavy (non-hydrogen) atoms. The van der Waals surface area contributed by atoms with Gasteiger partial charge in [0, 0.05) is 18.8 Å². The fourth-order valence-corrected chi connectivity index (χ4v) is 7.06. The molecule has 0 aromatic rings. The molecular weight excluding hydrogens is 518 g/mol. The smallest absolute Gasteiger partial charge is 0.0178 e. The SMILES string of the molecule is C=C(C)CCCN(CCCC(/C=C\C(CCCCCCC)CCCCCCC)=C\C)/C(=C\C)CCCC1CCC(C)CC1. The molecule has 0 N–H and O–H groups in total. The van der Waals surface area contributed by atoms with Crippen molar-refractivity contribution in [3.63, 3.8) is 0 Å². The molecule has 0 saturated heterocycles. The van der Waals surface area contributed by atoms with Crippen LogP contribution in [0.25, 0.3) is 0 Å². The van der Waals surface area contributed by atoms with Gasteiger partial charge in [0.05, 0.1) is 0 Å². The largest absolute Gasteiger partial charge is 0.375 e. The molecule has 0 aliphatic heterocycles. The second-order valence-corrected chi connectivity index (χ2v) is 14.3. The summed E-state index contributed by atoms with van der Waals surface area (Å²) in [6, 6.07) is 0. The van der Waals surface area contributed by atoms with Gasteiger partial charge in [0.25, 0.3) is 0 Å². The van der Waals surface area contributed by atoms with Gasteiger partial charge in [-0.15, -0.1) is 6.58 Å². The normalized spacial score (nSPS) is 18.2. The van der Waals surface area contributed by atoms with Crippen LogP contribution in [0.5, 0.6) is 0 Å². The summed E-state index contributed by atoms with van der Waals surface area (Å²) in [6.07, 6.45) is 41.3. The number of nitrogens with zero attached hydrogens (tertiary/aromatic N) is 1. The van der Waals surface area contributed by atoms with Crippen LogP contribution in [0.2, 0.25) is 0 Å². The molecule has 0 radical (unpaired) electrons. The predicted octanol–water partition coefficient (Wildman–Crippen LogP) is 14.2. The van der Waals surface area contributed by atoms with E-state index in [-0.39, 0.29) is 0 Å². The van der Waals surface area contributed by atoms with Crippen LogP contribution >= 0.6 is 0 Å². The minimum atomic E-state index is 0.763. The molecule has 1 rings (SSSR count). The Hall–Kier alpha value is -1.24. The Labute approximate surface area is 272 Å². The van der Waals surface area contributed by atoms with Gasteiger partial charge in [-0.3, -0.25) is 0 Å². The van der Waals surface area contributed by atoms with Crippen molar-refractivity contribution < 1.29 is 0 Å². The summed E-state index contributed by atoms with van der Waals surface area (Å²) in [5, 5.41) is 0. The van der Waals surface area contributed by atoms with E-state index in [0.717, 1.165) is 24.2 Å². The molecule has 1 saturated carbocycles. The lowest BCUT2D eigenvalue weighted by Crippen LogP contribution is -2.26. The van der Waals surface area contributed by atoms with E-state index in [2.05, 4.69) is 77.3 Å². The van der Waals surface area contributed by atoms with Gasteiger partial charge in [0.2, 0.25) is 0 Å². The number of allylic oxidation sites excluding steroid dienone is 7. The number of rotatable bonds is 27. The Morgan fingerprint density at radius 2 is 1.30 bits per heavy atom. The van der Waals surface area contributed by atoms with E-state index in [0.29, 0.717) is 0 Å². The van der Waals surface area contributed by atoms with E-state index in [1.54, 1.807) is 5.70 Å². The van der Waals surface area contributed by atoms with Crippen molar-refractivity contribution in [2.75, 3.05) is 13.1 Å². The maximum atomic E-state index is 4.17. The summed E-state index contributed by atoms with van der Waals surface area (Å²) in [5.41, 5.74) is 4.45. The highest BCUT2D eigenvalue weighted by Gasteiger charge is 2.18. The first-order chi connectivity index (χ1) is 20.9. The predicted molar refractivity (Wildman–Crippen MR) is 197 cm³/mol. The Morgan fingerprint density at radius 3 is 1.84 bits per heavy atom. The van der Waals surface area contributed by atoms with Crippen LogP contribution in [0.1, 0.15) is 189 Å². The lowest BCUT2D eigenvalue weighted by molar-refractivity contribution is 0.267. The number of unbranched alkanes of at least 4 members (excludes halogenated alkanes) is 8. The minimum absolute atomic E-state index is 0.763. The van der Waals surface area contributed by atoms with Crippen molar-refractivity contribution in [3.05, 3.63) is 47.7 Å². The summed E-state index contributed by atoms with van der Waals surface area (Å²) in [6.45, 7) is 20.3. The summed E-state index contributed by atoms with van der Waals surface area (Å²) in [4.78, 5) is 2.73. The first-order valence-corrected chi connectivity index (χ1v) is 19.3. The van der Waals surface area contributed by atoms with Crippen LogP contribution in [0.3, 0.4) is 0 Å². The molecule has 1 fully saturated rings. The standard InChI is InChI=1S/C42H77N/c1-8-12-14-16-18-24-40(25-19-17-15-13-9-2)34-33-39(10-3)27-22-36-43(35-21-23-37(5)6)42(11-4)28-20-26-41-31-29-38(7)30-32-41/h10-11,33-34,38,40-41H,5,8-9,12-32,35-36H2,1-4,6-7H3/b34-33-,39-10+,42-11-. The molecule has 0 bridgehead atoms. The average Bonchev–Trinajstić information content (AvgIpc) is 3.00. The maximum absolute atomic E-state index is 4.17. The average molecular weight is 596 g/mol. The van der Waals surface area contributed by atoms with Crippen LogP contribution in [-0.2, 0) is 0 Å². The fourth-order valence-electron chi connectivity index (χ4n) is 7.06. The Bertz CT molecular complexity index is 733. The summed E-state index contributed by atoms with van der Waals surface area (Å²) >= 11 is 0. The Kier molecular flexibility index (Phi) is 25.1. The van der Waals surface area contributed by atoms with Gasteiger partial charge in [-0.2, -0.15) is 0 Å². The quantitative estimate of drug-likeness (QED) is 0.0518. The van der Waals surface area contributed by atoms with Crippen molar-refractivity contribution in [2.24, 2.45) is 17.8 Å². The van der Waals surface area contributed by atoms with E-state index < -0.39 is 0 Å². The van der Waals surface area contributed by atoms with Crippen LogP contribution in [-0.4, -0.2) is 18.0 Å². The lowest BCUT2D eigenvalue weighted by atomic mass is 9.80. The highest BCUT2D eigenvalue weighted by atomic mass is 15.1. The molecule has 1 aliphatic rings. The molecular formula is C42H77N. The van der Waals surface area contributed by atoms with Gasteiger partial charge >= 0.3 is 0 Å². The Balaban J connectivity index is 2.65. The Morgan fingerprint density at radius 1 is 0.721 bits per heavy atom. The second kappa shape index (κ2) is 27.1. The highest BCUT2D eigenvalue weighted by Crippen LogP contribution is 2.32. The first kappa shape index (κ1) is 39.8. The van der Waals surface area contributed by atoms with Crippen molar-refractivity contribution >= 4 is 0 Å². The molecule has 0 heterocycles. The third-order valence-electron chi connectivity index (χ3n) is 10.2. The maximum Gasteiger partial charge on any atom is 0.0178 e. The molecule has 0 aromatic carbocycles. The van der Waals surface area contributed by atoms with Gasteiger partial charge in [-0.25, -0.2) is 0 Å². The topological polar surface area (TPSA) is 3.24 Å². The third kappa shape index (κ3) is 21.2. The molecule has 1 nitrogen and oxygen atoms in total. The number of hydrogen-bond donors (Lipinski definition) is 0. The first-order valence-electron chi connectivity index (χ1n) is 19.3. The zero-order chi connectivity index (χ0) is 31.5. The van der Waals surface area contributed by atoms with E-state index in [1.165, 1.54) is 165 Å². The monoisotopic (exact) mass is 596 g/mol. The van der Waals surface area contributed by atoms with Crippen molar-refractivity contribution in [3.8, 4) is 0 Å². The van der Waals surface area contributed by atoms with Crippen LogP contribution in [0.15, 0.2) is 47.7 Å². The van der Waals surface area contributed by atoms with Crippen molar-refractivity contribution in [1.29, 1.82) is 0 Å². The van der Waals surface area contributed by atoms with Gasteiger partial charge in [-0.1, -0.05) is 153 Å². The van der Waals surface area contributed by atoms with Crippen LogP contribution < -0.4 is 0 Å². The molecule has 1 heteroatoms. The summed E-state index contributed by atoms with van der Waals surface area (Å²) < 4.78 is 0. The van der Waals surface area contributed by atoms with E-state index in [4.69, 9.17) is 0 Å². The zero-order valence-electron chi connectivity index (χ0n) is 30.4. The van der Waals surface area contributed by atoms with Crippen molar-refractivity contribution in [2.45, 2.75) is 189 Å².